The predicted molar refractivity (Wildman–Crippen MR) is 97.3 cm³/mol. The molecule has 0 heterocycles. The number of rotatable bonds is 6. The van der Waals surface area contributed by atoms with Crippen LogP contribution in [0.25, 0.3) is 0 Å². The van der Waals surface area contributed by atoms with E-state index < -0.39 is 17.0 Å². The van der Waals surface area contributed by atoms with Crippen molar-refractivity contribution in [3.63, 3.8) is 0 Å². The van der Waals surface area contributed by atoms with Crippen LogP contribution in [0, 0.1) is 10.1 Å². The molecule has 0 saturated heterocycles. The van der Waals surface area contributed by atoms with E-state index in [0.29, 0.717) is 5.56 Å². The van der Waals surface area contributed by atoms with Gasteiger partial charge in [0.15, 0.2) is 11.9 Å². The summed E-state index contributed by atoms with van der Waals surface area (Å²) in [6, 6.07) is 9.30. The van der Waals surface area contributed by atoms with Gasteiger partial charge in [-0.15, -0.1) is 0 Å². The maximum absolute atomic E-state index is 12.6. The number of nitrogens with zero attached hydrogens (tertiary/aromatic N) is 1. The van der Waals surface area contributed by atoms with Gasteiger partial charge in [-0.05, 0) is 55.5 Å². The van der Waals surface area contributed by atoms with Crippen LogP contribution in [0.15, 0.2) is 36.4 Å². The Morgan fingerprint density at radius 1 is 1.07 bits per heavy atom. The summed E-state index contributed by atoms with van der Waals surface area (Å²) in [4.78, 5) is 35.3. The number of nitro groups is 1. The van der Waals surface area contributed by atoms with Gasteiger partial charge >= 0.3 is 11.7 Å². The van der Waals surface area contributed by atoms with E-state index >= 15 is 0 Å². The molecule has 2 aromatic carbocycles. The third-order valence-electron chi connectivity index (χ3n) is 4.65. The second-order valence-corrected chi connectivity index (χ2v) is 6.39. The number of ketones is 1. The standard InChI is InChI=1S/C20H19NO6/c1-12(19(22)15-7-6-13-4-3-5-14(13)10-15)27-20(23)16-8-9-18(26-2)17(11-16)21(24)25/h6-12H,3-5H2,1-2H3/t12-/m0/s1. The van der Waals surface area contributed by atoms with Crippen LogP contribution in [-0.2, 0) is 17.6 Å². The lowest BCUT2D eigenvalue weighted by Crippen LogP contribution is -2.24. The Bertz CT molecular complexity index is 921. The zero-order valence-electron chi connectivity index (χ0n) is 15.1. The number of ether oxygens (including phenoxy) is 2. The second-order valence-electron chi connectivity index (χ2n) is 6.39. The molecule has 0 saturated carbocycles. The van der Waals surface area contributed by atoms with Gasteiger partial charge in [-0.1, -0.05) is 12.1 Å². The molecule has 0 bridgehead atoms. The van der Waals surface area contributed by atoms with Crippen molar-refractivity contribution in [1.82, 2.24) is 0 Å². The summed E-state index contributed by atoms with van der Waals surface area (Å²) >= 11 is 0. The number of esters is 1. The normalized spacial score (nSPS) is 13.6. The van der Waals surface area contributed by atoms with Crippen molar-refractivity contribution in [3.8, 4) is 5.75 Å². The van der Waals surface area contributed by atoms with E-state index in [-0.39, 0.29) is 22.8 Å². The number of methoxy groups -OCH3 is 1. The molecule has 2 aromatic rings. The second kappa shape index (κ2) is 7.57. The van der Waals surface area contributed by atoms with Gasteiger partial charge in [-0.3, -0.25) is 14.9 Å². The van der Waals surface area contributed by atoms with Crippen LogP contribution in [0.3, 0.4) is 0 Å². The van der Waals surface area contributed by atoms with E-state index in [1.165, 1.54) is 31.7 Å². The molecule has 27 heavy (non-hydrogen) atoms. The molecule has 0 aliphatic heterocycles. The highest BCUT2D eigenvalue weighted by Gasteiger charge is 2.24. The highest BCUT2D eigenvalue weighted by atomic mass is 16.6. The average molecular weight is 369 g/mol. The largest absolute Gasteiger partial charge is 0.490 e. The molecule has 1 aliphatic rings. The number of nitro benzene ring substituents is 1. The van der Waals surface area contributed by atoms with Crippen molar-refractivity contribution in [2.45, 2.75) is 32.3 Å². The fourth-order valence-corrected chi connectivity index (χ4v) is 3.20. The topological polar surface area (TPSA) is 95.7 Å². The summed E-state index contributed by atoms with van der Waals surface area (Å²) in [5.41, 5.74) is 2.55. The van der Waals surface area contributed by atoms with Gasteiger partial charge in [-0.2, -0.15) is 0 Å². The zero-order valence-corrected chi connectivity index (χ0v) is 15.1. The van der Waals surface area contributed by atoms with Crippen LogP contribution in [0.1, 0.15) is 45.2 Å². The van der Waals surface area contributed by atoms with Gasteiger partial charge in [-0.25, -0.2) is 4.79 Å². The van der Waals surface area contributed by atoms with Crippen molar-refractivity contribution < 1.29 is 24.0 Å². The Labute approximate surface area is 156 Å². The molecule has 7 heteroatoms. The molecule has 0 unspecified atom stereocenters. The molecule has 0 spiro atoms. The molecular weight excluding hydrogens is 350 g/mol. The molecule has 140 valence electrons. The van der Waals surface area contributed by atoms with Gasteiger partial charge in [0.1, 0.15) is 0 Å². The minimum absolute atomic E-state index is 0.0175. The lowest BCUT2D eigenvalue weighted by atomic mass is 10.0. The van der Waals surface area contributed by atoms with Crippen molar-refractivity contribution in [2.24, 2.45) is 0 Å². The minimum Gasteiger partial charge on any atom is -0.490 e. The lowest BCUT2D eigenvalue weighted by molar-refractivity contribution is -0.385. The van der Waals surface area contributed by atoms with Crippen LogP contribution in [-0.4, -0.2) is 29.9 Å². The van der Waals surface area contributed by atoms with Crippen molar-refractivity contribution in [3.05, 3.63) is 68.8 Å². The van der Waals surface area contributed by atoms with Gasteiger partial charge in [0.2, 0.25) is 5.78 Å². The summed E-state index contributed by atoms with van der Waals surface area (Å²) in [7, 11) is 1.30. The monoisotopic (exact) mass is 369 g/mol. The third-order valence-corrected chi connectivity index (χ3v) is 4.65. The van der Waals surface area contributed by atoms with Crippen LogP contribution < -0.4 is 4.74 Å². The maximum atomic E-state index is 12.6. The molecule has 0 radical (unpaired) electrons. The Balaban J connectivity index is 1.74. The highest BCUT2D eigenvalue weighted by Crippen LogP contribution is 2.28. The molecule has 0 fully saturated rings. The van der Waals surface area contributed by atoms with E-state index in [0.717, 1.165) is 30.9 Å². The van der Waals surface area contributed by atoms with Crippen LogP contribution in [0.4, 0.5) is 5.69 Å². The first-order valence-corrected chi connectivity index (χ1v) is 8.60. The summed E-state index contributed by atoms with van der Waals surface area (Å²) < 4.78 is 10.1. The SMILES string of the molecule is COc1ccc(C(=O)O[C@@H](C)C(=O)c2ccc3c(c2)CCC3)cc1[N+](=O)[O-]. The summed E-state index contributed by atoms with van der Waals surface area (Å²) in [6.07, 6.45) is 2.04. The van der Waals surface area contributed by atoms with Crippen LogP contribution in [0.2, 0.25) is 0 Å². The Hall–Kier alpha value is -3.22. The maximum Gasteiger partial charge on any atom is 0.339 e. The van der Waals surface area contributed by atoms with Gasteiger partial charge in [0.25, 0.3) is 0 Å². The van der Waals surface area contributed by atoms with Gasteiger partial charge in [0.05, 0.1) is 17.6 Å². The number of aryl methyl sites for hydroxylation is 2. The number of hydrogen-bond acceptors (Lipinski definition) is 6. The summed E-state index contributed by atoms with van der Waals surface area (Å²) in [6.45, 7) is 1.49. The van der Waals surface area contributed by atoms with Gasteiger partial charge < -0.3 is 9.47 Å². The molecule has 0 amide bonds. The molecule has 0 N–H and O–H groups in total. The van der Waals surface area contributed by atoms with Crippen molar-refractivity contribution in [1.29, 1.82) is 0 Å². The molecule has 1 aliphatic carbocycles. The number of carbonyl (C=O) groups is 2. The Kier molecular flexibility index (Phi) is 5.21. The van der Waals surface area contributed by atoms with E-state index in [9.17, 15) is 19.7 Å². The fraction of sp³-hybridized carbons (Fsp3) is 0.300. The molecule has 3 rings (SSSR count). The first-order valence-electron chi connectivity index (χ1n) is 8.60. The summed E-state index contributed by atoms with van der Waals surface area (Å²) in [5.74, 6) is -1.07. The van der Waals surface area contributed by atoms with E-state index in [4.69, 9.17) is 9.47 Å². The van der Waals surface area contributed by atoms with Crippen LogP contribution >= 0.6 is 0 Å². The van der Waals surface area contributed by atoms with E-state index in [1.54, 1.807) is 6.07 Å². The van der Waals surface area contributed by atoms with E-state index in [2.05, 4.69) is 0 Å². The number of carbonyl (C=O) groups excluding carboxylic acids is 2. The van der Waals surface area contributed by atoms with Crippen LogP contribution in [0.5, 0.6) is 5.75 Å². The number of fused-ring (bicyclic) bond motifs is 1. The molecule has 0 aromatic heterocycles. The number of benzene rings is 2. The predicted octanol–water partition coefficient (Wildman–Crippen LogP) is 3.52. The zero-order chi connectivity index (χ0) is 19.6. The lowest BCUT2D eigenvalue weighted by Gasteiger charge is -2.13. The minimum atomic E-state index is -1.00. The van der Waals surface area contributed by atoms with E-state index in [1.807, 2.05) is 12.1 Å². The first-order chi connectivity index (χ1) is 12.9. The van der Waals surface area contributed by atoms with Gasteiger partial charge in [0, 0.05) is 11.6 Å². The highest BCUT2D eigenvalue weighted by molar-refractivity contribution is 6.01. The third kappa shape index (κ3) is 3.81. The fourth-order valence-electron chi connectivity index (χ4n) is 3.20. The Morgan fingerprint density at radius 2 is 1.78 bits per heavy atom. The number of Topliss-reactive ketones (excluding diaryl/α,β-unsaturated/α-hetero) is 1. The Morgan fingerprint density at radius 3 is 2.48 bits per heavy atom. The van der Waals surface area contributed by atoms with Crippen molar-refractivity contribution >= 4 is 17.4 Å². The molecule has 7 nitrogen and oxygen atoms in total. The smallest absolute Gasteiger partial charge is 0.339 e. The van der Waals surface area contributed by atoms with Crippen molar-refractivity contribution in [2.75, 3.05) is 7.11 Å². The first kappa shape index (κ1) is 18.6. The molecule has 1 atom stereocenters. The average Bonchev–Trinajstić information content (AvgIpc) is 3.14. The quantitative estimate of drug-likeness (QED) is 0.335. The number of hydrogen-bond donors (Lipinski definition) is 0. The summed E-state index contributed by atoms with van der Waals surface area (Å²) in [5, 5.41) is 11.1. The molecular formula is C20H19NO6.